The van der Waals surface area contributed by atoms with Gasteiger partial charge in [-0.05, 0) is 56.3 Å². The maximum atomic E-state index is 12.7. The summed E-state index contributed by atoms with van der Waals surface area (Å²) >= 11 is 1.33. The van der Waals surface area contributed by atoms with Crippen molar-refractivity contribution >= 4 is 28.8 Å². The minimum absolute atomic E-state index is 0.206. The Hall–Kier alpha value is -3.19. The van der Waals surface area contributed by atoms with Crippen LogP contribution >= 0.6 is 11.3 Å². The highest BCUT2D eigenvalue weighted by Gasteiger charge is 2.17. The van der Waals surface area contributed by atoms with E-state index in [0.717, 1.165) is 16.3 Å². The van der Waals surface area contributed by atoms with E-state index in [1.807, 2.05) is 38.1 Å². The molecule has 144 valence electrons. The van der Waals surface area contributed by atoms with Crippen molar-refractivity contribution in [3.8, 4) is 16.3 Å². The van der Waals surface area contributed by atoms with Crippen LogP contribution in [0.4, 0.5) is 5.69 Å². The third kappa shape index (κ3) is 4.37. The van der Waals surface area contributed by atoms with Crippen molar-refractivity contribution < 1.29 is 14.3 Å². The fourth-order valence-electron chi connectivity index (χ4n) is 2.66. The summed E-state index contributed by atoms with van der Waals surface area (Å²) in [5, 5.41) is 6.18. The number of amides is 2. The normalized spacial score (nSPS) is 10.4. The van der Waals surface area contributed by atoms with Crippen LogP contribution < -0.4 is 15.4 Å². The van der Waals surface area contributed by atoms with Gasteiger partial charge in [-0.15, -0.1) is 11.3 Å². The number of thiazole rings is 1. The molecule has 7 heteroatoms. The molecule has 0 radical (unpaired) electrons. The molecule has 28 heavy (non-hydrogen) atoms. The van der Waals surface area contributed by atoms with Crippen molar-refractivity contribution in [2.45, 2.75) is 13.8 Å². The van der Waals surface area contributed by atoms with Gasteiger partial charge in [-0.3, -0.25) is 9.59 Å². The van der Waals surface area contributed by atoms with Gasteiger partial charge in [-0.25, -0.2) is 4.98 Å². The van der Waals surface area contributed by atoms with Crippen molar-refractivity contribution in [2.75, 3.05) is 19.0 Å². The molecule has 0 atom stereocenters. The summed E-state index contributed by atoms with van der Waals surface area (Å²) in [7, 11) is 1.57. The number of anilines is 1. The lowest BCUT2D eigenvalue weighted by molar-refractivity contribution is 0.0961. The molecule has 0 aliphatic carbocycles. The Bertz CT molecular complexity index is 996. The van der Waals surface area contributed by atoms with E-state index in [9.17, 15) is 9.59 Å². The van der Waals surface area contributed by atoms with E-state index >= 15 is 0 Å². The monoisotopic (exact) mass is 395 g/mol. The van der Waals surface area contributed by atoms with Crippen molar-refractivity contribution in [1.29, 1.82) is 0 Å². The lowest BCUT2D eigenvalue weighted by Crippen LogP contribution is -2.18. The Balaban J connectivity index is 1.79. The summed E-state index contributed by atoms with van der Waals surface area (Å²) < 4.78 is 5.46. The highest BCUT2D eigenvalue weighted by molar-refractivity contribution is 7.17. The van der Waals surface area contributed by atoms with Crippen molar-refractivity contribution in [3.05, 3.63) is 64.7 Å². The molecule has 0 aliphatic heterocycles. The Kier molecular flexibility index (Phi) is 6.06. The zero-order chi connectivity index (χ0) is 20.1. The van der Waals surface area contributed by atoms with Crippen molar-refractivity contribution in [3.63, 3.8) is 0 Å². The lowest BCUT2D eigenvalue weighted by Gasteiger charge is -2.06. The van der Waals surface area contributed by atoms with E-state index in [-0.39, 0.29) is 11.8 Å². The van der Waals surface area contributed by atoms with Crippen molar-refractivity contribution in [2.24, 2.45) is 0 Å². The molecule has 0 fully saturated rings. The van der Waals surface area contributed by atoms with E-state index in [1.54, 1.807) is 31.3 Å². The fraction of sp³-hybridized carbons (Fsp3) is 0.190. The van der Waals surface area contributed by atoms with Gasteiger partial charge in [0.25, 0.3) is 11.8 Å². The average molecular weight is 395 g/mol. The Morgan fingerprint density at radius 1 is 1.11 bits per heavy atom. The second-order valence-corrected chi connectivity index (χ2v) is 7.00. The molecule has 0 saturated carbocycles. The Morgan fingerprint density at radius 2 is 1.86 bits per heavy atom. The SMILES string of the molecule is CCOc1ccc(-c2nc(C)c(C(=O)Nc3cccc(C(=O)NC)c3)s2)cc1. The van der Waals surface area contributed by atoms with Gasteiger partial charge in [0.1, 0.15) is 15.6 Å². The van der Waals surface area contributed by atoms with Crippen LogP contribution in [0.25, 0.3) is 10.6 Å². The highest BCUT2D eigenvalue weighted by Crippen LogP contribution is 2.29. The molecule has 3 aromatic rings. The van der Waals surface area contributed by atoms with Gasteiger partial charge >= 0.3 is 0 Å². The molecule has 1 aromatic heterocycles. The number of rotatable bonds is 6. The van der Waals surface area contributed by atoms with Gasteiger partial charge in [0, 0.05) is 23.9 Å². The Labute approximate surface area is 167 Å². The zero-order valence-electron chi connectivity index (χ0n) is 15.9. The number of ether oxygens (including phenoxy) is 1. The van der Waals surface area contributed by atoms with Crippen LogP contribution in [0.5, 0.6) is 5.75 Å². The molecule has 6 nitrogen and oxygen atoms in total. The molecule has 2 N–H and O–H groups in total. The molecule has 0 aliphatic rings. The van der Waals surface area contributed by atoms with Crippen LogP contribution in [0.2, 0.25) is 0 Å². The number of aromatic nitrogens is 1. The topological polar surface area (TPSA) is 80.3 Å². The molecule has 3 rings (SSSR count). The minimum atomic E-state index is -0.249. The smallest absolute Gasteiger partial charge is 0.267 e. The molecule has 0 bridgehead atoms. The average Bonchev–Trinajstić information content (AvgIpc) is 3.10. The third-order valence-corrected chi connectivity index (χ3v) is 5.23. The summed E-state index contributed by atoms with van der Waals surface area (Å²) in [6.07, 6.45) is 0. The molecular formula is C21H21N3O3S. The standard InChI is InChI=1S/C21H21N3O3S/c1-4-27-17-10-8-14(9-11-17)21-23-13(2)18(28-21)20(26)24-16-7-5-6-15(12-16)19(25)22-3/h5-12H,4H2,1-3H3,(H,22,25)(H,24,26). The van der Waals surface area contributed by atoms with Crippen LogP contribution in [0.1, 0.15) is 32.6 Å². The summed E-state index contributed by atoms with van der Waals surface area (Å²) in [5.74, 6) is 0.345. The van der Waals surface area contributed by atoms with Crippen molar-refractivity contribution in [1.82, 2.24) is 10.3 Å². The second-order valence-electron chi connectivity index (χ2n) is 6.00. The van der Waals surface area contributed by atoms with Crippen LogP contribution in [0.3, 0.4) is 0 Å². The Morgan fingerprint density at radius 3 is 2.54 bits per heavy atom. The van der Waals surface area contributed by atoms with Crippen LogP contribution in [-0.2, 0) is 0 Å². The zero-order valence-corrected chi connectivity index (χ0v) is 16.7. The lowest BCUT2D eigenvalue weighted by atomic mass is 10.2. The molecule has 0 spiro atoms. The first-order chi connectivity index (χ1) is 13.5. The van der Waals surface area contributed by atoms with Gasteiger partial charge in [0.2, 0.25) is 0 Å². The maximum Gasteiger partial charge on any atom is 0.267 e. The number of aryl methyl sites for hydroxylation is 1. The number of hydrogen-bond acceptors (Lipinski definition) is 5. The maximum absolute atomic E-state index is 12.7. The number of nitrogens with zero attached hydrogens (tertiary/aromatic N) is 1. The number of carbonyl (C=O) groups excluding carboxylic acids is 2. The first-order valence-corrected chi connectivity index (χ1v) is 9.67. The number of benzene rings is 2. The summed E-state index contributed by atoms with van der Waals surface area (Å²) in [6.45, 7) is 4.36. The van der Waals surface area contributed by atoms with Crippen LogP contribution in [0.15, 0.2) is 48.5 Å². The van der Waals surface area contributed by atoms with Gasteiger partial charge in [0.15, 0.2) is 0 Å². The summed E-state index contributed by atoms with van der Waals surface area (Å²) in [6, 6.07) is 14.4. The van der Waals surface area contributed by atoms with E-state index in [4.69, 9.17) is 4.74 Å². The second kappa shape index (κ2) is 8.67. The number of hydrogen-bond donors (Lipinski definition) is 2. The first-order valence-electron chi connectivity index (χ1n) is 8.86. The molecular weight excluding hydrogens is 374 g/mol. The number of nitrogens with one attached hydrogen (secondary N) is 2. The summed E-state index contributed by atoms with van der Waals surface area (Å²) in [5.41, 5.74) is 2.63. The van der Waals surface area contributed by atoms with Gasteiger partial charge in [-0.1, -0.05) is 6.07 Å². The molecule has 2 amide bonds. The predicted molar refractivity (Wildman–Crippen MR) is 111 cm³/mol. The predicted octanol–water partition coefficient (Wildman–Crippen LogP) is 4.13. The first kappa shape index (κ1) is 19.6. The van der Waals surface area contributed by atoms with Crippen LogP contribution in [-0.4, -0.2) is 30.5 Å². The van der Waals surface area contributed by atoms with Crippen LogP contribution in [0, 0.1) is 6.92 Å². The van der Waals surface area contributed by atoms with E-state index < -0.39 is 0 Å². The molecule has 0 saturated heterocycles. The quantitative estimate of drug-likeness (QED) is 0.658. The molecule has 2 aromatic carbocycles. The van der Waals surface area contributed by atoms with Gasteiger partial charge in [0.05, 0.1) is 12.3 Å². The summed E-state index contributed by atoms with van der Waals surface area (Å²) in [4.78, 5) is 29.5. The third-order valence-electron chi connectivity index (χ3n) is 4.02. The molecule has 0 unspecified atom stereocenters. The molecule has 1 heterocycles. The largest absolute Gasteiger partial charge is 0.494 e. The van der Waals surface area contributed by atoms with E-state index in [2.05, 4.69) is 15.6 Å². The van der Waals surface area contributed by atoms with Gasteiger partial charge in [-0.2, -0.15) is 0 Å². The fourth-order valence-corrected chi connectivity index (χ4v) is 3.63. The number of carbonyl (C=O) groups is 2. The highest BCUT2D eigenvalue weighted by atomic mass is 32.1. The van der Waals surface area contributed by atoms with E-state index in [1.165, 1.54) is 11.3 Å². The minimum Gasteiger partial charge on any atom is -0.494 e. The van der Waals surface area contributed by atoms with E-state index in [0.29, 0.717) is 28.4 Å². The van der Waals surface area contributed by atoms with Gasteiger partial charge < -0.3 is 15.4 Å².